The molecule has 18 heavy (non-hydrogen) atoms. The summed E-state index contributed by atoms with van der Waals surface area (Å²) in [6.45, 7) is 0.465. The third-order valence-electron chi connectivity index (χ3n) is 2.71. The van der Waals surface area contributed by atoms with Gasteiger partial charge in [-0.05, 0) is 24.1 Å². The van der Waals surface area contributed by atoms with Crippen LogP contribution in [0, 0.1) is 5.82 Å². The smallest absolute Gasteiger partial charge is 0.303 e. The second-order valence-corrected chi connectivity index (χ2v) is 4.21. The van der Waals surface area contributed by atoms with Crippen molar-refractivity contribution in [1.29, 1.82) is 0 Å². The molecule has 0 amide bonds. The predicted octanol–water partition coefficient (Wildman–Crippen LogP) is 2.03. The molecule has 1 aromatic rings. The molecule has 1 aliphatic rings. The minimum Gasteiger partial charge on any atom is -0.481 e. The number of nitrogens with zero attached hydrogens (tertiary/aromatic N) is 1. The van der Waals surface area contributed by atoms with Crippen LogP contribution in [0.3, 0.4) is 0 Å². The van der Waals surface area contributed by atoms with Gasteiger partial charge in [-0.3, -0.25) is 4.79 Å². The second kappa shape index (κ2) is 5.62. The summed E-state index contributed by atoms with van der Waals surface area (Å²) in [6, 6.07) is 6.28. The Labute approximate surface area is 104 Å². The fourth-order valence-corrected chi connectivity index (χ4v) is 1.82. The van der Waals surface area contributed by atoms with Gasteiger partial charge in [-0.25, -0.2) is 9.38 Å². The van der Waals surface area contributed by atoms with Gasteiger partial charge in [0.2, 0.25) is 0 Å². The number of aliphatic imine (C=N–C) groups is 1. The lowest BCUT2D eigenvalue weighted by Gasteiger charge is -2.04. The number of aliphatic carboxylic acids is 1. The number of hydrogen-bond donors (Lipinski definition) is 1. The molecule has 0 spiro atoms. The number of ether oxygens (including phenoxy) is 1. The first kappa shape index (κ1) is 12.5. The van der Waals surface area contributed by atoms with E-state index in [1.54, 1.807) is 12.1 Å². The van der Waals surface area contributed by atoms with Crippen LogP contribution in [0.2, 0.25) is 0 Å². The SMILES string of the molecule is O=C(O)CCC1=NC(Cc2ccc(F)cc2)CO1. The van der Waals surface area contributed by atoms with Crippen LogP contribution in [-0.4, -0.2) is 29.6 Å². The summed E-state index contributed by atoms with van der Waals surface area (Å²) in [4.78, 5) is 14.7. The number of carboxylic acid groups (broad SMARTS) is 1. The molecular formula is C13H14FNO3. The van der Waals surface area contributed by atoms with Gasteiger partial charge >= 0.3 is 5.97 Å². The molecule has 4 nitrogen and oxygen atoms in total. The molecule has 0 fully saturated rings. The van der Waals surface area contributed by atoms with Crippen LogP contribution < -0.4 is 0 Å². The van der Waals surface area contributed by atoms with Crippen LogP contribution in [0.25, 0.3) is 0 Å². The van der Waals surface area contributed by atoms with E-state index < -0.39 is 5.97 Å². The van der Waals surface area contributed by atoms with Crippen molar-refractivity contribution in [2.24, 2.45) is 4.99 Å². The molecule has 1 atom stereocenters. The topological polar surface area (TPSA) is 58.9 Å². The largest absolute Gasteiger partial charge is 0.481 e. The third-order valence-corrected chi connectivity index (χ3v) is 2.71. The lowest BCUT2D eigenvalue weighted by atomic mass is 10.1. The zero-order valence-electron chi connectivity index (χ0n) is 9.80. The summed E-state index contributed by atoms with van der Waals surface area (Å²) in [5.74, 6) is -0.611. The Morgan fingerprint density at radius 1 is 1.44 bits per heavy atom. The summed E-state index contributed by atoms with van der Waals surface area (Å²) in [6.07, 6.45) is 1.04. The molecule has 0 aliphatic carbocycles. The molecule has 5 heteroatoms. The van der Waals surface area contributed by atoms with Crippen molar-refractivity contribution in [3.63, 3.8) is 0 Å². The Morgan fingerprint density at radius 2 is 2.17 bits per heavy atom. The van der Waals surface area contributed by atoms with Gasteiger partial charge in [-0.1, -0.05) is 12.1 Å². The standard InChI is InChI=1S/C13H14FNO3/c14-10-3-1-9(2-4-10)7-11-8-18-12(15-11)5-6-13(16)17/h1-4,11H,5-8H2,(H,16,17). The van der Waals surface area contributed by atoms with Crippen molar-refractivity contribution in [1.82, 2.24) is 0 Å². The molecule has 96 valence electrons. The van der Waals surface area contributed by atoms with Crippen LogP contribution in [-0.2, 0) is 16.0 Å². The van der Waals surface area contributed by atoms with Gasteiger partial charge in [0, 0.05) is 6.42 Å². The third kappa shape index (κ3) is 3.55. The molecule has 0 bridgehead atoms. The molecule has 0 saturated heterocycles. The number of rotatable bonds is 5. The van der Waals surface area contributed by atoms with Crippen molar-refractivity contribution >= 4 is 11.9 Å². The highest BCUT2D eigenvalue weighted by molar-refractivity contribution is 5.81. The fourth-order valence-electron chi connectivity index (χ4n) is 1.82. The van der Waals surface area contributed by atoms with Crippen molar-refractivity contribution in [2.75, 3.05) is 6.61 Å². The minimum absolute atomic E-state index is 0.000689. The molecule has 1 aromatic carbocycles. The van der Waals surface area contributed by atoms with E-state index in [1.165, 1.54) is 12.1 Å². The first-order chi connectivity index (χ1) is 8.63. The van der Waals surface area contributed by atoms with Gasteiger partial charge in [0.05, 0.1) is 12.5 Å². The Morgan fingerprint density at radius 3 is 2.83 bits per heavy atom. The van der Waals surface area contributed by atoms with Gasteiger partial charge in [0.25, 0.3) is 0 Å². The molecule has 1 unspecified atom stereocenters. The molecule has 0 saturated carbocycles. The highest BCUT2D eigenvalue weighted by Gasteiger charge is 2.19. The van der Waals surface area contributed by atoms with Crippen LogP contribution in [0.4, 0.5) is 4.39 Å². The highest BCUT2D eigenvalue weighted by atomic mass is 19.1. The Bertz CT molecular complexity index is 456. The summed E-state index contributed by atoms with van der Waals surface area (Å²) in [5.41, 5.74) is 0.994. The van der Waals surface area contributed by atoms with Gasteiger partial charge in [0.15, 0.2) is 5.90 Å². The van der Waals surface area contributed by atoms with Gasteiger partial charge in [-0.2, -0.15) is 0 Å². The van der Waals surface area contributed by atoms with Crippen LogP contribution in [0.5, 0.6) is 0 Å². The van der Waals surface area contributed by atoms with Crippen LogP contribution in [0.15, 0.2) is 29.3 Å². The molecule has 0 radical (unpaired) electrons. The quantitative estimate of drug-likeness (QED) is 0.871. The van der Waals surface area contributed by atoms with Crippen LogP contribution >= 0.6 is 0 Å². The zero-order valence-corrected chi connectivity index (χ0v) is 9.80. The van der Waals surface area contributed by atoms with Crippen molar-refractivity contribution in [3.8, 4) is 0 Å². The summed E-state index contributed by atoms with van der Waals surface area (Å²) in [7, 11) is 0. The lowest BCUT2D eigenvalue weighted by Crippen LogP contribution is -2.09. The van der Waals surface area contributed by atoms with Gasteiger partial charge < -0.3 is 9.84 Å². The van der Waals surface area contributed by atoms with E-state index in [1.807, 2.05) is 0 Å². The van der Waals surface area contributed by atoms with E-state index in [2.05, 4.69) is 4.99 Å². The normalized spacial score (nSPS) is 18.3. The summed E-state index contributed by atoms with van der Waals surface area (Å²) < 4.78 is 18.1. The monoisotopic (exact) mass is 251 g/mol. The highest BCUT2D eigenvalue weighted by Crippen LogP contribution is 2.14. The average molecular weight is 251 g/mol. The molecular weight excluding hydrogens is 237 g/mol. The van der Waals surface area contributed by atoms with E-state index in [9.17, 15) is 9.18 Å². The first-order valence-electron chi connectivity index (χ1n) is 5.79. The maximum Gasteiger partial charge on any atom is 0.303 e. The number of benzene rings is 1. The van der Waals surface area contributed by atoms with Crippen molar-refractivity contribution in [2.45, 2.75) is 25.3 Å². The Hall–Kier alpha value is -1.91. The zero-order chi connectivity index (χ0) is 13.0. The van der Waals surface area contributed by atoms with E-state index in [0.29, 0.717) is 25.3 Å². The lowest BCUT2D eigenvalue weighted by molar-refractivity contribution is -0.136. The summed E-state index contributed by atoms with van der Waals surface area (Å²) >= 11 is 0. The first-order valence-corrected chi connectivity index (χ1v) is 5.79. The van der Waals surface area contributed by atoms with Crippen molar-refractivity contribution in [3.05, 3.63) is 35.6 Å². The number of carboxylic acids is 1. The number of hydrogen-bond acceptors (Lipinski definition) is 3. The van der Waals surface area contributed by atoms with Gasteiger partial charge in [0.1, 0.15) is 12.4 Å². The van der Waals surface area contributed by atoms with Crippen LogP contribution in [0.1, 0.15) is 18.4 Å². The molecule has 0 aromatic heterocycles. The van der Waals surface area contributed by atoms with E-state index >= 15 is 0 Å². The predicted molar refractivity (Wildman–Crippen MR) is 64.1 cm³/mol. The van der Waals surface area contributed by atoms with Gasteiger partial charge in [-0.15, -0.1) is 0 Å². The van der Waals surface area contributed by atoms with Crippen molar-refractivity contribution < 1.29 is 19.0 Å². The van der Waals surface area contributed by atoms with E-state index in [0.717, 1.165) is 5.56 Å². The average Bonchev–Trinajstić information content (AvgIpc) is 2.77. The number of carbonyl (C=O) groups is 1. The number of halogens is 1. The molecule has 2 rings (SSSR count). The fraction of sp³-hybridized carbons (Fsp3) is 0.385. The summed E-state index contributed by atoms with van der Waals surface area (Å²) in [5, 5.41) is 8.55. The molecule has 1 aliphatic heterocycles. The molecule has 1 N–H and O–H groups in total. The second-order valence-electron chi connectivity index (χ2n) is 4.21. The van der Waals surface area contributed by atoms with E-state index in [4.69, 9.17) is 9.84 Å². The molecule has 1 heterocycles. The maximum absolute atomic E-state index is 12.7. The Balaban J connectivity index is 1.88. The van der Waals surface area contributed by atoms with E-state index in [-0.39, 0.29) is 18.3 Å². The minimum atomic E-state index is -0.858. The Kier molecular flexibility index (Phi) is 3.92. The maximum atomic E-state index is 12.7.